The number of esters is 2. The second kappa shape index (κ2) is 10.3. The van der Waals surface area contributed by atoms with Crippen molar-refractivity contribution in [3.63, 3.8) is 0 Å². The summed E-state index contributed by atoms with van der Waals surface area (Å²) in [5.74, 6) is 18.5. The van der Waals surface area contributed by atoms with Gasteiger partial charge in [-0.1, -0.05) is 13.8 Å². The second-order valence-corrected chi connectivity index (χ2v) is 4.29. The molecule has 0 unspecified atom stereocenters. The Morgan fingerprint density at radius 3 is 2.32 bits per heavy atom. The summed E-state index contributed by atoms with van der Waals surface area (Å²) in [5.41, 5.74) is 6.27. The van der Waals surface area contributed by atoms with Crippen LogP contribution >= 0.6 is 0 Å². The first-order chi connectivity index (χ1) is 10.3. The Labute approximate surface area is 127 Å². The van der Waals surface area contributed by atoms with E-state index in [0.717, 1.165) is 11.3 Å². The number of nitrogens with one attached hydrogen (secondary N) is 3. The number of carbonyl (C=O) groups excluding carboxylic acids is 2. The van der Waals surface area contributed by atoms with E-state index in [4.69, 9.17) is 23.4 Å². The molecule has 0 aliphatic rings. The average molecular weight is 318 g/mol. The van der Waals surface area contributed by atoms with Crippen molar-refractivity contribution >= 4 is 24.2 Å². The molecule has 22 heavy (non-hydrogen) atoms. The molecule has 126 valence electrons. The molecule has 0 saturated heterocycles. The number of rotatable bonds is 7. The molecular weight excluding hydrogens is 296 g/mol. The fraction of sp³-hybridized carbons (Fsp3) is 0.556. The summed E-state index contributed by atoms with van der Waals surface area (Å²) in [5, 5.41) is 4.25. The third kappa shape index (κ3) is 7.34. The molecule has 11 N–H and O–H groups in total. The molecule has 0 amide bonds. The number of guanidine groups is 1. The van der Waals surface area contributed by atoms with Crippen molar-refractivity contribution in [3.8, 4) is 0 Å². The highest BCUT2D eigenvalue weighted by molar-refractivity contribution is 5.91. The van der Waals surface area contributed by atoms with Gasteiger partial charge in [0.2, 0.25) is 5.96 Å². The van der Waals surface area contributed by atoms with Gasteiger partial charge < -0.3 is 4.74 Å². The van der Waals surface area contributed by atoms with Crippen LogP contribution in [0.15, 0.2) is 10.1 Å². The van der Waals surface area contributed by atoms with E-state index in [-0.39, 0.29) is 11.9 Å². The van der Waals surface area contributed by atoms with Gasteiger partial charge in [-0.3, -0.25) is 15.9 Å². The van der Waals surface area contributed by atoms with Crippen molar-refractivity contribution < 1.29 is 14.3 Å². The molecule has 13 nitrogen and oxygen atoms in total. The Balaban J connectivity index is 4.73. The highest BCUT2D eigenvalue weighted by atomic mass is 16.6. The summed E-state index contributed by atoms with van der Waals surface area (Å²) in [7, 11) is 0. The van der Waals surface area contributed by atoms with E-state index in [1.165, 1.54) is 0 Å². The summed E-state index contributed by atoms with van der Waals surface area (Å²) in [4.78, 5) is 27.4. The fourth-order valence-corrected chi connectivity index (χ4v) is 1.23. The van der Waals surface area contributed by atoms with Crippen LogP contribution in [0.2, 0.25) is 0 Å². The summed E-state index contributed by atoms with van der Waals surface area (Å²) >= 11 is 0. The Kier molecular flexibility index (Phi) is 9.12. The zero-order chi connectivity index (χ0) is 17.1. The highest BCUT2D eigenvalue weighted by Crippen LogP contribution is 2.08. The number of hydrogen-bond acceptors (Lipinski definition) is 10. The first-order valence-corrected chi connectivity index (χ1v) is 6.11. The molecule has 0 aromatic heterocycles. The molecule has 0 saturated carbocycles. The molecule has 0 aliphatic heterocycles. The first-order valence-electron chi connectivity index (χ1n) is 6.11. The van der Waals surface area contributed by atoms with E-state index in [1.54, 1.807) is 13.8 Å². The van der Waals surface area contributed by atoms with Crippen LogP contribution in [-0.2, 0) is 14.3 Å². The number of ether oxygens (including phenoxy) is 1. The number of hydrazine groups is 4. The second-order valence-electron chi connectivity index (χ2n) is 4.29. The van der Waals surface area contributed by atoms with E-state index >= 15 is 0 Å². The molecule has 0 heterocycles. The quantitative estimate of drug-likeness (QED) is 0.0599. The zero-order valence-corrected chi connectivity index (χ0v) is 12.3. The largest absolute Gasteiger partial charge is 0.390 e. The summed E-state index contributed by atoms with van der Waals surface area (Å²) in [6.07, 6.45) is 1.04. The predicted molar refractivity (Wildman–Crippen MR) is 78.5 cm³/mol. The Morgan fingerprint density at radius 2 is 1.86 bits per heavy atom. The van der Waals surface area contributed by atoms with Crippen molar-refractivity contribution in [1.29, 1.82) is 0 Å². The molecular formula is C9H22N10O3. The molecule has 1 atom stereocenters. The molecule has 0 aromatic carbocycles. The third-order valence-electron chi connectivity index (χ3n) is 2.22. The van der Waals surface area contributed by atoms with Gasteiger partial charge in [0, 0.05) is 0 Å². The van der Waals surface area contributed by atoms with Gasteiger partial charge in [-0.25, -0.2) is 43.5 Å². The first kappa shape index (κ1) is 19.5. The Hall–Kier alpha value is -2.48. The average Bonchev–Trinajstić information content (AvgIpc) is 2.45. The smallest absolute Gasteiger partial charge is 0.338 e. The Morgan fingerprint density at radius 1 is 1.27 bits per heavy atom. The van der Waals surface area contributed by atoms with Crippen molar-refractivity contribution in [2.45, 2.75) is 19.9 Å². The maximum absolute atomic E-state index is 11.9. The van der Waals surface area contributed by atoms with Gasteiger partial charge in [0.1, 0.15) is 12.9 Å². The number of nitrogens with two attached hydrogens (primary N) is 4. The molecule has 13 heteroatoms. The lowest BCUT2D eigenvalue weighted by molar-refractivity contribution is -0.161. The lowest BCUT2D eigenvalue weighted by atomic mass is 10.1. The molecule has 0 aromatic rings. The molecule has 0 spiro atoms. The van der Waals surface area contributed by atoms with Crippen molar-refractivity contribution in [2.75, 3.05) is 6.54 Å². The maximum atomic E-state index is 11.9. The van der Waals surface area contributed by atoms with Crippen LogP contribution in [0.1, 0.15) is 13.8 Å². The van der Waals surface area contributed by atoms with Crippen molar-refractivity contribution in [2.24, 2.45) is 39.4 Å². The van der Waals surface area contributed by atoms with Gasteiger partial charge >= 0.3 is 11.9 Å². The van der Waals surface area contributed by atoms with Crippen molar-refractivity contribution in [1.82, 2.24) is 21.4 Å². The van der Waals surface area contributed by atoms with Crippen LogP contribution in [0.3, 0.4) is 0 Å². The minimum atomic E-state index is -0.989. The normalized spacial score (nSPS) is 11.8. The van der Waals surface area contributed by atoms with Crippen LogP contribution in [-0.4, -0.2) is 41.8 Å². The molecule has 0 fully saturated rings. The summed E-state index contributed by atoms with van der Waals surface area (Å²) < 4.78 is 4.66. The molecule has 0 bridgehead atoms. The van der Waals surface area contributed by atoms with Crippen LogP contribution in [0.5, 0.6) is 0 Å². The van der Waals surface area contributed by atoms with Gasteiger partial charge in [-0.2, -0.15) is 5.10 Å². The van der Waals surface area contributed by atoms with Crippen molar-refractivity contribution in [3.05, 3.63) is 0 Å². The SMILES string of the molecule is CC(C)[C@H](N=C(NN)NN)C(=O)OC(=O)CN(N)C=NNN. The minimum absolute atomic E-state index is 0.0373. The van der Waals surface area contributed by atoms with Gasteiger partial charge in [0.15, 0.2) is 6.04 Å². The third-order valence-corrected chi connectivity index (χ3v) is 2.22. The number of nitrogens with zero attached hydrogens (tertiary/aromatic N) is 3. The fourth-order valence-electron chi connectivity index (χ4n) is 1.23. The van der Waals surface area contributed by atoms with Gasteiger partial charge in [0.25, 0.3) is 0 Å². The van der Waals surface area contributed by atoms with Crippen LogP contribution in [0.4, 0.5) is 0 Å². The lowest BCUT2D eigenvalue weighted by Crippen LogP contribution is -2.47. The van der Waals surface area contributed by atoms with Crippen LogP contribution in [0.25, 0.3) is 0 Å². The minimum Gasteiger partial charge on any atom is -0.390 e. The summed E-state index contributed by atoms with van der Waals surface area (Å²) in [6.45, 7) is 3.00. The van der Waals surface area contributed by atoms with E-state index in [9.17, 15) is 9.59 Å². The zero-order valence-electron chi connectivity index (χ0n) is 12.3. The van der Waals surface area contributed by atoms with E-state index in [2.05, 4.69) is 25.7 Å². The summed E-state index contributed by atoms with van der Waals surface area (Å²) in [6, 6.07) is -0.989. The van der Waals surface area contributed by atoms with E-state index in [1.807, 2.05) is 5.53 Å². The number of aliphatic imine (C=N–C) groups is 1. The topological polar surface area (TPSA) is 212 Å². The monoisotopic (exact) mass is 318 g/mol. The number of hydrogen-bond donors (Lipinski definition) is 7. The van der Waals surface area contributed by atoms with E-state index < -0.39 is 24.5 Å². The van der Waals surface area contributed by atoms with Crippen LogP contribution < -0.4 is 39.8 Å². The van der Waals surface area contributed by atoms with E-state index in [0.29, 0.717) is 0 Å². The number of carbonyl (C=O) groups is 2. The molecule has 0 rings (SSSR count). The molecule has 0 radical (unpaired) electrons. The standard InChI is InChI=1S/C9H22N10O3/c1-5(2)7(15-9(16-10)17-11)8(21)22-6(20)3-19(13)4-14-18-12/h4-5,7,18H,3,10-13H2,1-2H3,(H2,15,16,17)/t7-/m0/s1. The lowest BCUT2D eigenvalue weighted by Gasteiger charge is -2.17. The van der Waals surface area contributed by atoms with Gasteiger partial charge in [0.05, 0.1) is 0 Å². The van der Waals surface area contributed by atoms with Crippen LogP contribution in [0, 0.1) is 5.92 Å². The number of hydrazone groups is 1. The van der Waals surface area contributed by atoms with Gasteiger partial charge in [-0.05, 0) is 5.92 Å². The predicted octanol–water partition coefficient (Wildman–Crippen LogP) is -4.05. The highest BCUT2D eigenvalue weighted by Gasteiger charge is 2.26. The maximum Gasteiger partial charge on any atom is 0.338 e. The Bertz CT molecular complexity index is 418. The molecule has 0 aliphatic carbocycles. The van der Waals surface area contributed by atoms with Gasteiger partial charge in [-0.15, -0.1) is 0 Å².